The molecule has 0 radical (unpaired) electrons. The number of nitrogens with one attached hydrogen (secondary N) is 1. The minimum atomic E-state index is -0.0530. The molecule has 21 heavy (non-hydrogen) atoms. The first-order valence-corrected chi connectivity index (χ1v) is 7.00. The molecule has 1 amide bonds. The van der Waals surface area contributed by atoms with Crippen molar-refractivity contribution in [2.24, 2.45) is 0 Å². The Morgan fingerprint density at radius 1 is 1.14 bits per heavy atom. The van der Waals surface area contributed by atoms with Crippen LogP contribution < -0.4 is 5.32 Å². The molecule has 2 aromatic rings. The maximum absolute atomic E-state index is 12.0. The molecule has 0 aliphatic carbocycles. The molecule has 0 fully saturated rings. The maximum atomic E-state index is 12.0. The molecule has 4 nitrogen and oxygen atoms in total. The summed E-state index contributed by atoms with van der Waals surface area (Å²) in [4.78, 5) is 18.2. The van der Waals surface area contributed by atoms with Gasteiger partial charge in [-0.15, -0.1) is 0 Å². The normalized spacial score (nSPS) is 10.7. The number of benzene rings is 1. The summed E-state index contributed by atoms with van der Waals surface area (Å²) in [7, 11) is 1.93. The zero-order valence-corrected chi connectivity index (χ0v) is 12.8. The molecule has 0 aliphatic rings. The van der Waals surface area contributed by atoms with E-state index in [4.69, 9.17) is 0 Å². The lowest BCUT2D eigenvalue weighted by atomic mass is 10.1. The average Bonchev–Trinajstić information content (AvgIpc) is 2.41. The van der Waals surface area contributed by atoms with Crippen molar-refractivity contribution < 1.29 is 4.79 Å². The molecule has 0 saturated heterocycles. The van der Waals surface area contributed by atoms with E-state index >= 15 is 0 Å². The third kappa shape index (κ3) is 5.00. The third-order valence-electron chi connectivity index (χ3n) is 3.14. The highest BCUT2D eigenvalue weighted by Crippen LogP contribution is 2.07. The Morgan fingerprint density at radius 3 is 2.52 bits per heavy atom. The van der Waals surface area contributed by atoms with E-state index in [1.54, 1.807) is 6.07 Å². The largest absolute Gasteiger partial charge is 0.310 e. The van der Waals surface area contributed by atoms with Gasteiger partial charge in [0.1, 0.15) is 5.82 Å². The number of pyridine rings is 1. The Kier molecular flexibility index (Phi) is 5.06. The number of carbonyl (C=O) groups is 1. The van der Waals surface area contributed by atoms with Crippen molar-refractivity contribution in [2.45, 2.75) is 20.4 Å². The number of aryl methyl sites for hydroxylation is 2. The lowest BCUT2D eigenvalue weighted by Gasteiger charge is -2.16. The van der Waals surface area contributed by atoms with Gasteiger partial charge in [-0.05, 0) is 38.6 Å². The Labute approximate surface area is 125 Å². The van der Waals surface area contributed by atoms with E-state index in [1.165, 1.54) is 11.1 Å². The van der Waals surface area contributed by atoms with E-state index in [0.29, 0.717) is 12.4 Å². The van der Waals surface area contributed by atoms with Crippen LogP contribution in [0.1, 0.15) is 16.8 Å². The van der Waals surface area contributed by atoms with Gasteiger partial charge in [0.25, 0.3) is 0 Å². The van der Waals surface area contributed by atoms with Gasteiger partial charge >= 0.3 is 0 Å². The number of hydrogen-bond acceptors (Lipinski definition) is 3. The molecule has 2 rings (SSSR count). The van der Waals surface area contributed by atoms with Gasteiger partial charge in [0, 0.05) is 12.2 Å². The lowest BCUT2D eigenvalue weighted by molar-refractivity contribution is -0.117. The van der Waals surface area contributed by atoms with Crippen LogP contribution in [-0.2, 0) is 11.3 Å². The maximum Gasteiger partial charge on any atom is 0.239 e. The first kappa shape index (κ1) is 15.2. The van der Waals surface area contributed by atoms with Gasteiger partial charge < -0.3 is 5.32 Å². The molecule has 0 atom stereocenters. The molecular formula is C17H21N3O. The van der Waals surface area contributed by atoms with Crippen molar-refractivity contribution in [3.8, 4) is 0 Å². The van der Waals surface area contributed by atoms with E-state index < -0.39 is 0 Å². The molecule has 0 unspecified atom stereocenters. The van der Waals surface area contributed by atoms with Crippen LogP contribution in [-0.4, -0.2) is 29.4 Å². The fourth-order valence-corrected chi connectivity index (χ4v) is 2.10. The summed E-state index contributed by atoms with van der Waals surface area (Å²) in [6.07, 6.45) is 0. The molecule has 1 aromatic carbocycles. The van der Waals surface area contributed by atoms with Gasteiger partial charge in [-0.3, -0.25) is 9.69 Å². The number of nitrogens with zero attached hydrogens (tertiary/aromatic N) is 2. The molecular weight excluding hydrogens is 262 g/mol. The summed E-state index contributed by atoms with van der Waals surface area (Å²) < 4.78 is 0. The zero-order valence-electron chi connectivity index (χ0n) is 12.8. The van der Waals surface area contributed by atoms with Gasteiger partial charge in [-0.25, -0.2) is 4.98 Å². The number of anilines is 1. The smallest absolute Gasteiger partial charge is 0.239 e. The van der Waals surface area contributed by atoms with E-state index in [2.05, 4.69) is 41.5 Å². The lowest BCUT2D eigenvalue weighted by Crippen LogP contribution is -2.30. The summed E-state index contributed by atoms with van der Waals surface area (Å²) in [5.74, 6) is 0.548. The highest BCUT2D eigenvalue weighted by molar-refractivity contribution is 5.91. The van der Waals surface area contributed by atoms with Gasteiger partial charge in [-0.1, -0.05) is 35.9 Å². The van der Waals surface area contributed by atoms with E-state index in [1.807, 2.05) is 31.0 Å². The van der Waals surface area contributed by atoms with Crippen LogP contribution in [0.4, 0.5) is 5.82 Å². The average molecular weight is 283 g/mol. The Hall–Kier alpha value is -2.20. The summed E-state index contributed by atoms with van der Waals surface area (Å²) in [5, 5.41) is 2.82. The molecule has 0 aliphatic heterocycles. The fourth-order valence-electron chi connectivity index (χ4n) is 2.10. The van der Waals surface area contributed by atoms with Gasteiger partial charge in [-0.2, -0.15) is 0 Å². The van der Waals surface area contributed by atoms with Gasteiger partial charge in [0.05, 0.1) is 6.54 Å². The molecule has 1 N–H and O–H groups in total. The number of aromatic nitrogens is 1. The molecule has 110 valence electrons. The predicted molar refractivity (Wildman–Crippen MR) is 85.1 cm³/mol. The second-order valence-corrected chi connectivity index (χ2v) is 5.37. The zero-order chi connectivity index (χ0) is 15.2. The first-order valence-electron chi connectivity index (χ1n) is 7.00. The van der Waals surface area contributed by atoms with Crippen molar-refractivity contribution in [1.29, 1.82) is 0 Å². The molecule has 0 spiro atoms. The summed E-state index contributed by atoms with van der Waals surface area (Å²) in [5.41, 5.74) is 3.33. The number of likely N-dealkylation sites (N-methyl/N-ethyl adjacent to an activating group) is 1. The van der Waals surface area contributed by atoms with Crippen LogP contribution in [0.2, 0.25) is 0 Å². The summed E-state index contributed by atoms with van der Waals surface area (Å²) >= 11 is 0. The predicted octanol–water partition coefficient (Wildman–Crippen LogP) is 2.77. The number of hydrogen-bond donors (Lipinski definition) is 1. The topological polar surface area (TPSA) is 45.2 Å². The first-order chi connectivity index (χ1) is 10.0. The molecule has 4 heteroatoms. The van der Waals surface area contributed by atoms with Crippen molar-refractivity contribution in [3.63, 3.8) is 0 Å². The Morgan fingerprint density at radius 2 is 1.86 bits per heavy atom. The standard InChI is InChI=1S/C17H21N3O/c1-13-7-9-15(10-8-13)11-20(3)12-17(21)19-16-6-4-5-14(2)18-16/h4-10H,11-12H2,1-3H3,(H,18,19,21). The van der Waals surface area contributed by atoms with Crippen LogP contribution in [0.3, 0.4) is 0 Å². The van der Waals surface area contributed by atoms with Crippen molar-refractivity contribution in [1.82, 2.24) is 9.88 Å². The minimum Gasteiger partial charge on any atom is -0.310 e. The van der Waals surface area contributed by atoms with Crippen LogP contribution in [0, 0.1) is 13.8 Å². The van der Waals surface area contributed by atoms with Gasteiger partial charge in [0.15, 0.2) is 0 Å². The van der Waals surface area contributed by atoms with E-state index in [0.717, 1.165) is 12.2 Å². The molecule has 0 saturated carbocycles. The van der Waals surface area contributed by atoms with Crippen LogP contribution in [0.15, 0.2) is 42.5 Å². The quantitative estimate of drug-likeness (QED) is 0.917. The SMILES string of the molecule is Cc1ccc(CN(C)CC(=O)Nc2cccc(C)n2)cc1. The fraction of sp³-hybridized carbons (Fsp3) is 0.294. The monoisotopic (exact) mass is 283 g/mol. The number of carbonyl (C=O) groups excluding carboxylic acids is 1. The molecule has 1 heterocycles. The van der Waals surface area contributed by atoms with Crippen molar-refractivity contribution in [3.05, 3.63) is 59.3 Å². The highest BCUT2D eigenvalue weighted by atomic mass is 16.2. The highest BCUT2D eigenvalue weighted by Gasteiger charge is 2.08. The number of amides is 1. The molecule has 1 aromatic heterocycles. The van der Waals surface area contributed by atoms with Crippen LogP contribution >= 0.6 is 0 Å². The number of rotatable bonds is 5. The third-order valence-corrected chi connectivity index (χ3v) is 3.14. The minimum absolute atomic E-state index is 0.0530. The second kappa shape index (κ2) is 6.99. The Bertz CT molecular complexity index is 608. The Balaban J connectivity index is 1.86. The van der Waals surface area contributed by atoms with Crippen LogP contribution in [0.25, 0.3) is 0 Å². The van der Waals surface area contributed by atoms with Crippen molar-refractivity contribution in [2.75, 3.05) is 18.9 Å². The second-order valence-electron chi connectivity index (χ2n) is 5.37. The van der Waals surface area contributed by atoms with E-state index in [-0.39, 0.29) is 5.91 Å². The van der Waals surface area contributed by atoms with Gasteiger partial charge in [0.2, 0.25) is 5.91 Å². The van der Waals surface area contributed by atoms with Crippen molar-refractivity contribution >= 4 is 11.7 Å². The van der Waals surface area contributed by atoms with E-state index in [9.17, 15) is 4.79 Å². The summed E-state index contributed by atoms with van der Waals surface area (Å²) in [6, 6.07) is 13.9. The molecule has 0 bridgehead atoms. The van der Waals surface area contributed by atoms with Crippen LogP contribution in [0.5, 0.6) is 0 Å². The summed E-state index contributed by atoms with van der Waals surface area (Å²) in [6.45, 7) is 5.05.